The molecule has 0 spiro atoms. The minimum atomic E-state index is -0.428. The van der Waals surface area contributed by atoms with E-state index in [2.05, 4.69) is 26.8 Å². The van der Waals surface area contributed by atoms with E-state index in [1.54, 1.807) is 11.0 Å². The summed E-state index contributed by atoms with van der Waals surface area (Å²) in [6.45, 7) is 0.751. The highest BCUT2D eigenvalue weighted by Crippen LogP contribution is 2.26. The summed E-state index contributed by atoms with van der Waals surface area (Å²) in [5.74, 6) is -0.0600. The van der Waals surface area contributed by atoms with Crippen molar-refractivity contribution in [3.8, 4) is 5.75 Å². The number of carbonyl (C=O) groups excluding carboxylic acids is 2. The second-order valence-corrected chi connectivity index (χ2v) is 8.79. The molecule has 0 radical (unpaired) electrons. The standard InChI is InChI=1S/C24H21BrClN3O3/c25-18-6-10-21(11-7-18)29-14-17(12-23(29)30)24(31)28-27-20-2-1-3-22(13-20)32-15-16-4-8-19(26)9-5-16/h1-11,13,17,27H,12,14-15H2,(H,28,31)/t17-/m1/s1. The van der Waals surface area contributed by atoms with Crippen LogP contribution in [0.5, 0.6) is 5.75 Å². The molecule has 164 valence electrons. The summed E-state index contributed by atoms with van der Waals surface area (Å²) >= 11 is 9.29. The van der Waals surface area contributed by atoms with E-state index in [1.165, 1.54) is 0 Å². The molecule has 6 nitrogen and oxygen atoms in total. The first-order valence-corrected chi connectivity index (χ1v) is 11.2. The number of carbonyl (C=O) groups is 2. The minimum Gasteiger partial charge on any atom is -0.489 e. The molecular weight excluding hydrogens is 494 g/mol. The molecule has 1 saturated heterocycles. The second-order valence-electron chi connectivity index (χ2n) is 7.44. The van der Waals surface area contributed by atoms with Gasteiger partial charge in [-0.25, -0.2) is 0 Å². The number of ether oxygens (including phenoxy) is 1. The normalized spacial score (nSPS) is 15.5. The summed E-state index contributed by atoms with van der Waals surface area (Å²) in [5.41, 5.74) is 8.08. The maximum absolute atomic E-state index is 12.6. The van der Waals surface area contributed by atoms with Crippen LogP contribution in [0.1, 0.15) is 12.0 Å². The highest BCUT2D eigenvalue weighted by molar-refractivity contribution is 9.10. The van der Waals surface area contributed by atoms with E-state index < -0.39 is 5.92 Å². The van der Waals surface area contributed by atoms with Gasteiger partial charge in [0.25, 0.3) is 0 Å². The lowest BCUT2D eigenvalue weighted by Gasteiger charge is -2.17. The molecule has 1 heterocycles. The zero-order valence-electron chi connectivity index (χ0n) is 17.1. The molecule has 0 aliphatic carbocycles. The van der Waals surface area contributed by atoms with Crippen LogP contribution in [0.3, 0.4) is 0 Å². The van der Waals surface area contributed by atoms with Crippen molar-refractivity contribution in [3.63, 3.8) is 0 Å². The van der Waals surface area contributed by atoms with E-state index in [9.17, 15) is 9.59 Å². The number of halogens is 2. The Morgan fingerprint density at radius 2 is 1.84 bits per heavy atom. The monoisotopic (exact) mass is 513 g/mol. The molecule has 1 fully saturated rings. The number of hydrogen-bond acceptors (Lipinski definition) is 4. The Kier molecular flexibility index (Phi) is 6.97. The van der Waals surface area contributed by atoms with Gasteiger partial charge in [0.05, 0.1) is 11.6 Å². The highest BCUT2D eigenvalue weighted by Gasteiger charge is 2.35. The lowest BCUT2D eigenvalue weighted by Crippen LogP contribution is -2.36. The number of benzene rings is 3. The topological polar surface area (TPSA) is 70.7 Å². The molecule has 1 aliphatic heterocycles. The third-order valence-electron chi connectivity index (χ3n) is 5.12. The molecule has 0 saturated carbocycles. The van der Waals surface area contributed by atoms with Crippen molar-refractivity contribution in [2.45, 2.75) is 13.0 Å². The summed E-state index contributed by atoms with van der Waals surface area (Å²) in [7, 11) is 0. The average Bonchev–Trinajstić information content (AvgIpc) is 3.19. The lowest BCUT2D eigenvalue weighted by molar-refractivity contribution is -0.125. The molecule has 32 heavy (non-hydrogen) atoms. The molecule has 3 aromatic rings. The van der Waals surface area contributed by atoms with Crippen molar-refractivity contribution >= 4 is 50.7 Å². The predicted molar refractivity (Wildman–Crippen MR) is 129 cm³/mol. The van der Waals surface area contributed by atoms with E-state index in [4.69, 9.17) is 16.3 Å². The van der Waals surface area contributed by atoms with Gasteiger partial charge < -0.3 is 9.64 Å². The average molecular weight is 515 g/mol. The van der Waals surface area contributed by atoms with Gasteiger partial charge in [-0.1, -0.05) is 45.7 Å². The second kappa shape index (κ2) is 10.1. The van der Waals surface area contributed by atoms with Gasteiger partial charge in [-0.15, -0.1) is 0 Å². The number of rotatable bonds is 7. The summed E-state index contributed by atoms with van der Waals surface area (Å²) in [6, 6.07) is 22.2. The number of amides is 2. The quantitative estimate of drug-likeness (QED) is 0.426. The number of nitrogens with zero attached hydrogens (tertiary/aromatic N) is 1. The van der Waals surface area contributed by atoms with Crippen LogP contribution < -0.4 is 20.5 Å². The first kappa shape index (κ1) is 22.2. The Labute approximate surface area is 199 Å². The summed E-state index contributed by atoms with van der Waals surface area (Å²) < 4.78 is 6.75. The lowest BCUT2D eigenvalue weighted by atomic mass is 10.1. The van der Waals surface area contributed by atoms with Crippen molar-refractivity contribution in [1.29, 1.82) is 0 Å². The molecule has 0 bridgehead atoms. The number of hydrazine groups is 1. The first-order valence-electron chi connectivity index (χ1n) is 10.1. The highest BCUT2D eigenvalue weighted by atomic mass is 79.9. The summed E-state index contributed by atoms with van der Waals surface area (Å²) in [5, 5.41) is 0.680. The Hall–Kier alpha value is -3.03. The minimum absolute atomic E-state index is 0.0648. The SMILES string of the molecule is O=C(NNc1cccc(OCc2ccc(Cl)cc2)c1)[C@@H]1CC(=O)N(c2ccc(Br)cc2)C1. The third kappa shape index (κ3) is 5.60. The molecule has 1 atom stereocenters. The van der Waals surface area contributed by atoms with Gasteiger partial charge in [-0.3, -0.25) is 20.4 Å². The van der Waals surface area contributed by atoms with Crippen LogP contribution in [0.25, 0.3) is 0 Å². The fraction of sp³-hybridized carbons (Fsp3) is 0.167. The van der Waals surface area contributed by atoms with Crippen LogP contribution in [0.2, 0.25) is 5.02 Å². The largest absolute Gasteiger partial charge is 0.489 e. The third-order valence-corrected chi connectivity index (χ3v) is 5.90. The van der Waals surface area contributed by atoms with Crippen LogP contribution in [0.15, 0.2) is 77.3 Å². The molecular formula is C24H21BrClN3O3. The van der Waals surface area contributed by atoms with Crippen molar-refractivity contribution in [3.05, 3.63) is 87.9 Å². The van der Waals surface area contributed by atoms with Crippen LogP contribution >= 0.6 is 27.5 Å². The fourth-order valence-corrected chi connectivity index (χ4v) is 3.79. The number of anilines is 2. The van der Waals surface area contributed by atoms with Gasteiger partial charge in [0.2, 0.25) is 11.8 Å². The van der Waals surface area contributed by atoms with E-state index in [1.807, 2.05) is 66.7 Å². The van der Waals surface area contributed by atoms with Crippen LogP contribution in [-0.4, -0.2) is 18.4 Å². The zero-order valence-corrected chi connectivity index (χ0v) is 19.4. The van der Waals surface area contributed by atoms with Gasteiger partial charge in [-0.2, -0.15) is 0 Å². The van der Waals surface area contributed by atoms with Crippen molar-refractivity contribution in [2.24, 2.45) is 5.92 Å². The Morgan fingerprint density at radius 3 is 2.59 bits per heavy atom. The Bertz CT molecular complexity index is 1110. The Morgan fingerprint density at radius 1 is 1.09 bits per heavy atom. The Balaban J connectivity index is 1.30. The van der Waals surface area contributed by atoms with E-state index in [0.29, 0.717) is 29.6 Å². The zero-order chi connectivity index (χ0) is 22.5. The van der Waals surface area contributed by atoms with E-state index in [-0.39, 0.29) is 18.2 Å². The van der Waals surface area contributed by atoms with Gasteiger partial charge in [0.15, 0.2) is 0 Å². The molecule has 2 N–H and O–H groups in total. The molecule has 1 aliphatic rings. The summed E-state index contributed by atoms with van der Waals surface area (Å²) in [6.07, 6.45) is 0.174. The molecule has 2 amide bonds. The molecule has 8 heteroatoms. The van der Waals surface area contributed by atoms with Crippen LogP contribution in [0, 0.1) is 5.92 Å². The van der Waals surface area contributed by atoms with E-state index in [0.717, 1.165) is 15.7 Å². The molecule has 4 rings (SSSR count). The van der Waals surface area contributed by atoms with Crippen molar-refractivity contribution < 1.29 is 14.3 Å². The number of nitrogens with one attached hydrogen (secondary N) is 2. The van der Waals surface area contributed by atoms with Crippen molar-refractivity contribution in [2.75, 3.05) is 16.9 Å². The number of hydrogen-bond donors (Lipinski definition) is 2. The van der Waals surface area contributed by atoms with Crippen molar-refractivity contribution in [1.82, 2.24) is 5.43 Å². The maximum atomic E-state index is 12.6. The maximum Gasteiger partial charge on any atom is 0.243 e. The van der Waals surface area contributed by atoms with Gasteiger partial charge in [-0.05, 0) is 54.1 Å². The first-order chi connectivity index (χ1) is 15.5. The van der Waals surface area contributed by atoms with Gasteiger partial charge >= 0.3 is 0 Å². The molecule has 3 aromatic carbocycles. The molecule has 0 unspecified atom stereocenters. The van der Waals surface area contributed by atoms with E-state index >= 15 is 0 Å². The summed E-state index contributed by atoms with van der Waals surface area (Å²) in [4.78, 5) is 26.6. The molecule has 0 aromatic heterocycles. The predicted octanol–water partition coefficient (Wildman–Crippen LogP) is 5.18. The smallest absolute Gasteiger partial charge is 0.243 e. The van der Waals surface area contributed by atoms with Gasteiger partial charge in [0, 0.05) is 34.2 Å². The van der Waals surface area contributed by atoms with Crippen LogP contribution in [0.4, 0.5) is 11.4 Å². The van der Waals surface area contributed by atoms with Crippen LogP contribution in [-0.2, 0) is 16.2 Å². The fourth-order valence-electron chi connectivity index (χ4n) is 3.40. The van der Waals surface area contributed by atoms with Gasteiger partial charge in [0.1, 0.15) is 12.4 Å².